The van der Waals surface area contributed by atoms with Crippen molar-refractivity contribution in [1.29, 1.82) is 0 Å². The first-order valence-electron chi connectivity index (χ1n) is 19.0. The van der Waals surface area contributed by atoms with E-state index in [4.69, 9.17) is 33.6 Å². The average molecular weight is 900 g/mol. The Kier molecular flexibility index (Phi) is 15.9. The third-order valence-corrected chi connectivity index (χ3v) is 8.78. The van der Waals surface area contributed by atoms with Crippen molar-refractivity contribution in [2.45, 2.75) is 6.92 Å². The van der Waals surface area contributed by atoms with Crippen molar-refractivity contribution in [3.8, 4) is 45.3 Å². The number of esters is 2. The van der Waals surface area contributed by atoms with E-state index in [0.29, 0.717) is 34.1 Å². The topological polar surface area (TPSA) is 292 Å². The number of nitro benzene ring substituents is 2. The standard InChI is InChI=1S/C12H9NO5.C12H11NO3.C12H10O3.C11H7NO5/c1-17-12(14)11-6-5-10(18-11)8-3-2-4-9(7-8)13(15)16;1-15-12(14)11-6-5-10(16-11)8-3-2-4-9(13)7-8;1-8-3-2-4-9(7-8)10-5-6-11(15-10)12(13)14;13-11(14)10-5-4-9(17-10)7-2-1-3-8(6-7)12(15)16/h2-7H,1H3;2-7H,13H2,1H3;2-7H,1H3,(H,13,14);1-6H,(H,13,14). The van der Waals surface area contributed by atoms with Crippen LogP contribution in [-0.4, -0.2) is 58.2 Å². The van der Waals surface area contributed by atoms with Crippen molar-refractivity contribution in [3.63, 3.8) is 0 Å². The number of nitrogen functional groups attached to an aromatic ring is 1. The summed E-state index contributed by atoms with van der Waals surface area (Å²) < 4.78 is 29.9. The van der Waals surface area contributed by atoms with Crippen LogP contribution >= 0.6 is 0 Å². The molecule has 336 valence electrons. The molecule has 4 N–H and O–H groups in total. The molecule has 0 unspecified atom stereocenters. The normalized spacial score (nSPS) is 10.1. The van der Waals surface area contributed by atoms with Crippen molar-refractivity contribution in [1.82, 2.24) is 0 Å². The number of non-ortho nitro benzene ring substituents is 2. The first kappa shape index (κ1) is 47.5. The number of hydrogen-bond acceptors (Lipinski definition) is 15. The molecule has 19 nitrogen and oxygen atoms in total. The van der Waals surface area contributed by atoms with Gasteiger partial charge >= 0.3 is 23.9 Å². The Balaban J connectivity index is 0.000000165. The minimum absolute atomic E-state index is 0.0356. The lowest BCUT2D eigenvalue weighted by molar-refractivity contribution is -0.385. The van der Waals surface area contributed by atoms with Gasteiger partial charge in [-0.1, -0.05) is 60.2 Å². The largest absolute Gasteiger partial charge is 0.475 e. The summed E-state index contributed by atoms with van der Waals surface area (Å²) in [4.78, 5) is 63.8. The highest BCUT2D eigenvalue weighted by molar-refractivity contribution is 5.88. The third kappa shape index (κ3) is 12.8. The molecule has 0 fully saturated rings. The summed E-state index contributed by atoms with van der Waals surface area (Å²) in [6, 6.07) is 38.9. The quantitative estimate of drug-likeness (QED) is 0.0497. The molecular formula is C47H37N3O16. The van der Waals surface area contributed by atoms with Crippen LogP contribution in [-0.2, 0) is 9.47 Å². The molecule has 0 radical (unpaired) electrons. The molecule has 66 heavy (non-hydrogen) atoms. The van der Waals surface area contributed by atoms with Gasteiger partial charge < -0.3 is 43.1 Å². The molecule has 0 saturated carbocycles. The highest BCUT2D eigenvalue weighted by Gasteiger charge is 2.16. The number of anilines is 1. The van der Waals surface area contributed by atoms with Gasteiger partial charge in [-0.2, -0.15) is 0 Å². The second-order valence-electron chi connectivity index (χ2n) is 13.4. The highest BCUT2D eigenvalue weighted by atomic mass is 16.6. The van der Waals surface area contributed by atoms with Crippen molar-refractivity contribution in [2.24, 2.45) is 0 Å². The molecule has 0 saturated heterocycles. The van der Waals surface area contributed by atoms with E-state index in [2.05, 4.69) is 9.47 Å². The van der Waals surface area contributed by atoms with Gasteiger partial charge in [0, 0.05) is 52.2 Å². The van der Waals surface area contributed by atoms with E-state index in [0.717, 1.165) is 16.7 Å². The maximum absolute atomic E-state index is 11.2. The van der Waals surface area contributed by atoms with E-state index in [9.17, 15) is 39.4 Å². The highest BCUT2D eigenvalue weighted by Crippen LogP contribution is 2.28. The van der Waals surface area contributed by atoms with E-state index in [1.54, 1.807) is 54.6 Å². The molecule has 0 spiro atoms. The van der Waals surface area contributed by atoms with Crippen LogP contribution in [0.1, 0.15) is 47.8 Å². The Bertz CT molecular complexity index is 3010. The number of carboxylic acids is 2. The Morgan fingerprint density at radius 3 is 1.15 bits per heavy atom. The fourth-order valence-electron chi connectivity index (χ4n) is 5.66. The van der Waals surface area contributed by atoms with E-state index >= 15 is 0 Å². The number of nitrogens with two attached hydrogens (primary N) is 1. The molecule has 4 aromatic carbocycles. The van der Waals surface area contributed by atoms with Crippen LogP contribution in [0.15, 0.2) is 163 Å². The molecule has 0 amide bonds. The van der Waals surface area contributed by atoms with E-state index in [1.165, 1.54) is 68.8 Å². The Hall–Kier alpha value is -9.52. The van der Waals surface area contributed by atoms with Gasteiger partial charge in [0.25, 0.3) is 11.4 Å². The van der Waals surface area contributed by atoms with E-state index < -0.39 is 33.7 Å². The number of benzene rings is 4. The van der Waals surface area contributed by atoms with Crippen LogP contribution in [0.3, 0.4) is 0 Å². The lowest BCUT2D eigenvalue weighted by Crippen LogP contribution is -1.98. The number of methoxy groups -OCH3 is 2. The maximum Gasteiger partial charge on any atom is 0.373 e. The van der Waals surface area contributed by atoms with Crippen molar-refractivity contribution in [2.75, 3.05) is 20.0 Å². The van der Waals surface area contributed by atoms with Crippen molar-refractivity contribution >= 4 is 40.9 Å². The number of rotatable bonds is 10. The van der Waals surface area contributed by atoms with Crippen molar-refractivity contribution < 1.29 is 66.4 Å². The summed E-state index contributed by atoms with van der Waals surface area (Å²) >= 11 is 0. The Morgan fingerprint density at radius 2 is 0.818 bits per heavy atom. The number of carbonyl (C=O) groups excluding carboxylic acids is 2. The molecule has 8 aromatic rings. The molecule has 4 aromatic heterocycles. The van der Waals surface area contributed by atoms with E-state index in [-0.39, 0.29) is 40.2 Å². The average Bonchev–Trinajstić information content (AvgIpc) is 4.17. The minimum Gasteiger partial charge on any atom is -0.475 e. The zero-order chi connectivity index (χ0) is 47.9. The summed E-state index contributed by atoms with van der Waals surface area (Å²) in [6.07, 6.45) is 0. The number of carbonyl (C=O) groups is 4. The Labute approximate surface area is 373 Å². The van der Waals surface area contributed by atoms with Crippen LogP contribution in [0.5, 0.6) is 0 Å². The van der Waals surface area contributed by atoms with Crippen LogP contribution < -0.4 is 5.73 Å². The number of hydrogen-bond donors (Lipinski definition) is 3. The van der Waals surface area contributed by atoms with Crippen LogP contribution in [0.25, 0.3) is 45.3 Å². The molecule has 19 heteroatoms. The van der Waals surface area contributed by atoms with Gasteiger partial charge in [0.2, 0.25) is 23.0 Å². The smallest absolute Gasteiger partial charge is 0.373 e. The van der Waals surface area contributed by atoms with Crippen molar-refractivity contribution in [3.05, 3.63) is 194 Å². The molecule has 0 aliphatic rings. The first-order chi connectivity index (χ1) is 31.6. The van der Waals surface area contributed by atoms with Crippen LogP contribution in [0.2, 0.25) is 0 Å². The number of aryl methyl sites for hydroxylation is 1. The third-order valence-electron chi connectivity index (χ3n) is 8.78. The summed E-state index contributed by atoms with van der Waals surface area (Å²) in [7, 11) is 2.56. The summed E-state index contributed by atoms with van der Waals surface area (Å²) in [5, 5.41) is 38.6. The minimum atomic E-state index is -1.18. The van der Waals surface area contributed by atoms with Gasteiger partial charge in [-0.25, -0.2) is 19.2 Å². The van der Waals surface area contributed by atoms with Gasteiger partial charge in [-0.15, -0.1) is 0 Å². The monoisotopic (exact) mass is 899 g/mol. The Morgan fingerprint density at radius 1 is 0.485 bits per heavy atom. The number of furan rings is 4. The van der Waals surface area contributed by atoms with E-state index in [1.807, 2.05) is 43.3 Å². The lowest BCUT2D eigenvalue weighted by Gasteiger charge is -1.98. The van der Waals surface area contributed by atoms with Gasteiger partial charge in [0.05, 0.1) is 24.1 Å². The SMILES string of the molecule is COC(=O)c1ccc(-c2cccc(N)c2)o1.COC(=O)c1ccc(-c2cccc([N+](=O)[O-])c2)o1.Cc1cccc(-c2ccc(C(=O)O)o2)c1.O=C(O)c1ccc(-c2cccc([N+](=O)[O-])c2)o1. The zero-order valence-electron chi connectivity index (χ0n) is 34.9. The molecule has 0 bridgehead atoms. The maximum atomic E-state index is 11.2. The predicted octanol–water partition coefficient (Wildman–Crippen LogP) is 10.5. The summed E-state index contributed by atoms with van der Waals surface area (Å²) in [5.74, 6) is -1.48. The number of carboxylic acid groups (broad SMARTS) is 2. The fourth-order valence-corrected chi connectivity index (χ4v) is 5.66. The second kappa shape index (κ2) is 22.0. The molecule has 0 aliphatic carbocycles. The van der Waals surface area contributed by atoms with Crippen LogP contribution in [0, 0.1) is 27.2 Å². The number of nitro groups is 2. The van der Waals surface area contributed by atoms with Crippen LogP contribution in [0.4, 0.5) is 17.1 Å². The number of ether oxygens (including phenoxy) is 2. The molecule has 4 heterocycles. The van der Waals surface area contributed by atoms with Gasteiger partial charge in [0.1, 0.15) is 23.0 Å². The fraction of sp³-hybridized carbons (Fsp3) is 0.0638. The molecular weight excluding hydrogens is 863 g/mol. The second-order valence-corrected chi connectivity index (χ2v) is 13.4. The molecule has 0 aliphatic heterocycles. The lowest BCUT2D eigenvalue weighted by atomic mass is 10.1. The number of aromatic carboxylic acids is 2. The zero-order valence-corrected chi connectivity index (χ0v) is 34.9. The summed E-state index contributed by atoms with van der Waals surface area (Å²) in [5.41, 5.74) is 10.0. The summed E-state index contributed by atoms with van der Waals surface area (Å²) in [6.45, 7) is 1.98. The van der Waals surface area contributed by atoms with Gasteiger partial charge in [0.15, 0.2) is 0 Å². The van der Waals surface area contributed by atoms with Gasteiger partial charge in [-0.3, -0.25) is 20.2 Å². The molecule has 8 rings (SSSR count). The molecule has 0 atom stereocenters. The predicted molar refractivity (Wildman–Crippen MR) is 236 cm³/mol. The van der Waals surface area contributed by atoms with Gasteiger partial charge in [-0.05, 0) is 73.7 Å². The number of nitrogens with zero attached hydrogens (tertiary/aromatic N) is 2. The first-order valence-corrected chi connectivity index (χ1v) is 19.0.